The molecule has 0 saturated carbocycles. The number of thiazole rings is 1. The van der Waals surface area contributed by atoms with Gasteiger partial charge < -0.3 is 0 Å². The maximum absolute atomic E-state index is 4.33. The summed E-state index contributed by atoms with van der Waals surface area (Å²) in [6, 6.07) is 19.3. The van der Waals surface area contributed by atoms with Crippen LogP contribution in [-0.4, -0.2) is 16.9 Å². The maximum atomic E-state index is 4.33. The van der Waals surface area contributed by atoms with Gasteiger partial charge in [-0.3, -0.25) is 4.90 Å². The molecule has 0 bridgehead atoms. The molecule has 106 valence electrons. The van der Waals surface area contributed by atoms with Crippen LogP contribution >= 0.6 is 11.3 Å². The van der Waals surface area contributed by atoms with E-state index in [1.54, 1.807) is 11.3 Å². The number of nitrogens with zero attached hydrogens (tertiary/aromatic N) is 2. The Bertz CT molecular complexity index is 660. The molecule has 3 rings (SSSR count). The molecule has 21 heavy (non-hydrogen) atoms. The monoisotopic (exact) mass is 294 g/mol. The lowest BCUT2D eigenvalue weighted by Crippen LogP contribution is -2.16. The number of hydrogen-bond donors (Lipinski definition) is 0. The van der Waals surface area contributed by atoms with Crippen LogP contribution in [0.15, 0.2) is 66.2 Å². The molecule has 0 aliphatic rings. The normalized spacial score (nSPS) is 11.0. The van der Waals surface area contributed by atoms with Gasteiger partial charge in [0, 0.05) is 18.1 Å². The largest absolute Gasteiger partial charge is 0.295 e. The molecule has 0 amide bonds. The molecule has 0 radical (unpaired) electrons. The molecular weight excluding hydrogens is 276 g/mol. The first-order chi connectivity index (χ1) is 10.3. The van der Waals surface area contributed by atoms with E-state index in [4.69, 9.17) is 0 Å². The van der Waals surface area contributed by atoms with Crippen LogP contribution in [0.1, 0.15) is 10.6 Å². The van der Waals surface area contributed by atoms with Crippen molar-refractivity contribution in [2.24, 2.45) is 0 Å². The van der Waals surface area contributed by atoms with E-state index in [0.29, 0.717) is 0 Å². The summed E-state index contributed by atoms with van der Waals surface area (Å²) in [6.07, 6.45) is 1.86. The van der Waals surface area contributed by atoms with E-state index in [9.17, 15) is 0 Å². The van der Waals surface area contributed by atoms with Gasteiger partial charge in [0.2, 0.25) is 0 Å². The lowest BCUT2D eigenvalue weighted by molar-refractivity contribution is 0.318. The number of aromatic nitrogens is 1. The van der Waals surface area contributed by atoms with Crippen LogP contribution in [0.4, 0.5) is 0 Å². The highest BCUT2D eigenvalue weighted by atomic mass is 32.1. The zero-order valence-corrected chi connectivity index (χ0v) is 12.9. The van der Waals surface area contributed by atoms with Crippen molar-refractivity contribution in [1.29, 1.82) is 0 Å². The summed E-state index contributed by atoms with van der Waals surface area (Å²) in [5, 5.41) is 3.19. The summed E-state index contributed by atoms with van der Waals surface area (Å²) in [6.45, 7) is 1.84. The van der Waals surface area contributed by atoms with E-state index >= 15 is 0 Å². The van der Waals surface area contributed by atoms with Gasteiger partial charge in [-0.15, -0.1) is 11.3 Å². The predicted molar refractivity (Wildman–Crippen MR) is 89.2 cm³/mol. The highest BCUT2D eigenvalue weighted by molar-refractivity contribution is 7.09. The SMILES string of the molecule is CN(Cc1ccc(-c2ccccc2)cc1)Cc1nccs1. The molecule has 0 spiro atoms. The second-order valence-electron chi connectivity index (χ2n) is 5.16. The van der Waals surface area contributed by atoms with E-state index in [-0.39, 0.29) is 0 Å². The van der Waals surface area contributed by atoms with Gasteiger partial charge in [0.1, 0.15) is 5.01 Å². The summed E-state index contributed by atoms with van der Waals surface area (Å²) >= 11 is 1.71. The first kappa shape index (κ1) is 14.0. The van der Waals surface area contributed by atoms with Crippen LogP contribution in [0.2, 0.25) is 0 Å². The van der Waals surface area contributed by atoms with Crippen molar-refractivity contribution in [3.8, 4) is 11.1 Å². The molecule has 0 aliphatic heterocycles. The Kier molecular flexibility index (Phi) is 4.43. The minimum Gasteiger partial charge on any atom is -0.295 e. The fraction of sp³-hybridized carbons (Fsp3) is 0.167. The van der Waals surface area contributed by atoms with Crippen molar-refractivity contribution in [3.63, 3.8) is 0 Å². The maximum Gasteiger partial charge on any atom is 0.107 e. The van der Waals surface area contributed by atoms with E-state index in [1.165, 1.54) is 21.7 Å². The Morgan fingerprint density at radius 2 is 1.62 bits per heavy atom. The Morgan fingerprint density at radius 3 is 2.29 bits per heavy atom. The van der Waals surface area contributed by atoms with Crippen LogP contribution in [-0.2, 0) is 13.1 Å². The average molecular weight is 294 g/mol. The Labute approximate surface area is 129 Å². The van der Waals surface area contributed by atoms with Crippen molar-refractivity contribution in [2.45, 2.75) is 13.1 Å². The standard InChI is InChI=1S/C18H18N2S/c1-20(14-18-19-11-12-21-18)13-15-7-9-17(10-8-15)16-5-3-2-4-6-16/h2-12H,13-14H2,1H3. The Morgan fingerprint density at radius 1 is 0.905 bits per heavy atom. The molecule has 0 N–H and O–H groups in total. The van der Waals surface area contributed by atoms with Gasteiger partial charge in [-0.2, -0.15) is 0 Å². The Balaban J connectivity index is 1.64. The Hall–Kier alpha value is -1.97. The highest BCUT2D eigenvalue weighted by Crippen LogP contribution is 2.20. The van der Waals surface area contributed by atoms with Crippen molar-refractivity contribution < 1.29 is 0 Å². The second kappa shape index (κ2) is 6.66. The summed E-state index contributed by atoms with van der Waals surface area (Å²) in [5.74, 6) is 0. The van der Waals surface area contributed by atoms with Crippen molar-refractivity contribution in [2.75, 3.05) is 7.05 Å². The topological polar surface area (TPSA) is 16.1 Å². The third-order valence-corrected chi connectivity index (χ3v) is 4.17. The zero-order chi connectivity index (χ0) is 14.5. The number of hydrogen-bond acceptors (Lipinski definition) is 3. The fourth-order valence-electron chi connectivity index (χ4n) is 2.36. The second-order valence-corrected chi connectivity index (χ2v) is 6.14. The third kappa shape index (κ3) is 3.78. The van der Waals surface area contributed by atoms with Crippen molar-refractivity contribution in [3.05, 3.63) is 76.7 Å². The van der Waals surface area contributed by atoms with Crippen LogP contribution in [0.25, 0.3) is 11.1 Å². The molecule has 1 heterocycles. The number of benzene rings is 2. The fourth-order valence-corrected chi connectivity index (χ4v) is 3.06. The molecule has 0 aliphatic carbocycles. The summed E-state index contributed by atoms with van der Waals surface area (Å²) in [7, 11) is 2.13. The molecule has 0 saturated heterocycles. The molecule has 1 aromatic heterocycles. The molecule has 2 aromatic carbocycles. The quantitative estimate of drug-likeness (QED) is 0.691. The van der Waals surface area contributed by atoms with Gasteiger partial charge in [0.15, 0.2) is 0 Å². The van der Waals surface area contributed by atoms with Crippen LogP contribution in [0.5, 0.6) is 0 Å². The highest BCUT2D eigenvalue weighted by Gasteiger charge is 2.04. The first-order valence-electron chi connectivity index (χ1n) is 7.02. The van der Waals surface area contributed by atoms with Gasteiger partial charge in [-0.1, -0.05) is 54.6 Å². The minimum absolute atomic E-state index is 0.901. The van der Waals surface area contributed by atoms with E-state index in [1.807, 2.05) is 17.6 Å². The van der Waals surface area contributed by atoms with Gasteiger partial charge in [-0.05, 0) is 23.7 Å². The van der Waals surface area contributed by atoms with Crippen LogP contribution < -0.4 is 0 Å². The summed E-state index contributed by atoms with van der Waals surface area (Å²) < 4.78 is 0. The van der Waals surface area contributed by atoms with Crippen LogP contribution in [0, 0.1) is 0 Å². The molecule has 2 nitrogen and oxygen atoms in total. The van der Waals surface area contributed by atoms with Crippen molar-refractivity contribution in [1.82, 2.24) is 9.88 Å². The minimum atomic E-state index is 0.901. The molecule has 3 heteroatoms. The smallest absolute Gasteiger partial charge is 0.107 e. The molecule has 0 atom stereocenters. The molecule has 3 aromatic rings. The van der Waals surface area contributed by atoms with Gasteiger partial charge in [-0.25, -0.2) is 4.98 Å². The predicted octanol–water partition coefficient (Wildman–Crippen LogP) is 4.44. The lowest BCUT2D eigenvalue weighted by Gasteiger charge is -2.15. The molecular formula is C18H18N2S. The van der Waals surface area contributed by atoms with Gasteiger partial charge in [0.05, 0.1) is 6.54 Å². The lowest BCUT2D eigenvalue weighted by atomic mass is 10.0. The van der Waals surface area contributed by atoms with E-state index in [0.717, 1.165) is 13.1 Å². The summed E-state index contributed by atoms with van der Waals surface area (Å²) in [5.41, 5.74) is 3.86. The van der Waals surface area contributed by atoms with E-state index in [2.05, 4.69) is 65.5 Å². The zero-order valence-electron chi connectivity index (χ0n) is 12.1. The third-order valence-electron chi connectivity index (χ3n) is 3.40. The molecule has 0 fully saturated rings. The van der Waals surface area contributed by atoms with E-state index < -0.39 is 0 Å². The van der Waals surface area contributed by atoms with Crippen LogP contribution in [0.3, 0.4) is 0 Å². The summed E-state index contributed by atoms with van der Waals surface area (Å²) in [4.78, 5) is 6.62. The first-order valence-corrected chi connectivity index (χ1v) is 7.90. The van der Waals surface area contributed by atoms with Crippen molar-refractivity contribution >= 4 is 11.3 Å². The average Bonchev–Trinajstić information content (AvgIpc) is 3.02. The van der Waals surface area contributed by atoms with Gasteiger partial charge in [0.25, 0.3) is 0 Å². The molecule has 0 unspecified atom stereocenters. The number of rotatable bonds is 5. The van der Waals surface area contributed by atoms with Gasteiger partial charge >= 0.3 is 0 Å².